The van der Waals surface area contributed by atoms with E-state index in [2.05, 4.69) is 11.1 Å². The molecule has 5 heteroatoms. The van der Waals surface area contributed by atoms with Gasteiger partial charge in [0.2, 0.25) is 0 Å². The van der Waals surface area contributed by atoms with Crippen molar-refractivity contribution in [3.05, 3.63) is 35.5 Å². The van der Waals surface area contributed by atoms with Gasteiger partial charge in [0.05, 0.1) is 6.61 Å². The van der Waals surface area contributed by atoms with E-state index < -0.39 is 0 Å². The van der Waals surface area contributed by atoms with Gasteiger partial charge in [0.25, 0.3) is 0 Å². The first-order valence-electron chi connectivity index (χ1n) is 7.14. The van der Waals surface area contributed by atoms with Crippen LogP contribution in [0.1, 0.15) is 37.9 Å². The molecule has 0 amide bonds. The van der Waals surface area contributed by atoms with Crippen molar-refractivity contribution in [3.63, 3.8) is 0 Å². The topological polar surface area (TPSA) is 92.2 Å². The minimum Gasteiger partial charge on any atom is -0.504 e. The zero-order chi connectivity index (χ0) is 16.3. The number of nitrogens with two attached hydrogens (primary N) is 1. The Kier molecular flexibility index (Phi) is 4.52. The highest BCUT2D eigenvalue weighted by atomic mass is 16.5. The second-order valence-corrected chi connectivity index (χ2v) is 5.24. The highest BCUT2D eigenvalue weighted by Crippen LogP contribution is 2.35. The molecule has 1 aromatic heterocycles. The van der Waals surface area contributed by atoms with Crippen LogP contribution in [0, 0.1) is 11.3 Å². The molecule has 22 heavy (non-hydrogen) atoms. The maximum Gasteiger partial charge on any atom is 0.161 e. The molecule has 0 saturated heterocycles. The molecule has 0 radical (unpaired) electrons. The highest BCUT2D eigenvalue weighted by Gasteiger charge is 2.15. The van der Waals surface area contributed by atoms with Gasteiger partial charge >= 0.3 is 0 Å². The van der Waals surface area contributed by atoms with E-state index in [1.165, 1.54) is 0 Å². The average molecular weight is 297 g/mol. The monoisotopic (exact) mass is 297 g/mol. The summed E-state index contributed by atoms with van der Waals surface area (Å²) >= 11 is 0. The van der Waals surface area contributed by atoms with E-state index in [4.69, 9.17) is 10.5 Å². The van der Waals surface area contributed by atoms with Gasteiger partial charge in [-0.1, -0.05) is 19.9 Å². The molecule has 5 nitrogen and oxygen atoms in total. The molecule has 0 unspecified atom stereocenters. The third-order valence-corrected chi connectivity index (χ3v) is 3.34. The predicted octanol–water partition coefficient (Wildman–Crippen LogP) is 3.43. The van der Waals surface area contributed by atoms with Gasteiger partial charge in [-0.15, -0.1) is 0 Å². The fourth-order valence-corrected chi connectivity index (χ4v) is 2.18. The molecule has 0 fully saturated rings. The van der Waals surface area contributed by atoms with Crippen LogP contribution in [0.4, 0.5) is 5.82 Å². The molecule has 0 aliphatic carbocycles. The van der Waals surface area contributed by atoms with E-state index in [9.17, 15) is 10.4 Å². The average Bonchev–Trinajstić information content (AvgIpc) is 2.48. The van der Waals surface area contributed by atoms with Crippen LogP contribution in [0.5, 0.6) is 11.5 Å². The fourth-order valence-electron chi connectivity index (χ4n) is 2.18. The Hall–Kier alpha value is -2.74. The van der Waals surface area contributed by atoms with Crippen molar-refractivity contribution in [2.45, 2.75) is 26.7 Å². The number of nitriles is 1. The second-order valence-electron chi connectivity index (χ2n) is 5.24. The third kappa shape index (κ3) is 2.96. The number of ether oxygens (including phenoxy) is 1. The summed E-state index contributed by atoms with van der Waals surface area (Å²) < 4.78 is 5.40. The maximum atomic E-state index is 9.81. The molecular formula is C17H19N3O2. The summed E-state index contributed by atoms with van der Waals surface area (Å²) in [6.07, 6.45) is 0. The van der Waals surface area contributed by atoms with Gasteiger partial charge < -0.3 is 15.6 Å². The van der Waals surface area contributed by atoms with Crippen molar-refractivity contribution in [1.29, 1.82) is 5.26 Å². The van der Waals surface area contributed by atoms with Crippen molar-refractivity contribution >= 4 is 5.82 Å². The minimum atomic E-state index is 0.0650. The molecule has 1 heterocycles. The van der Waals surface area contributed by atoms with Crippen molar-refractivity contribution in [2.24, 2.45) is 0 Å². The molecule has 0 aliphatic heterocycles. The highest BCUT2D eigenvalue weighted by molar-refractivity contribution is 5.77. The Morgan fingerprint density at radius 1 is 1.36 bits per heavy atom. The Labute approximate surface area is 130 Å². The quantitative estimate of drug-likeness (QED) is 0.902. The number of aromatic hydroxyl groups is 1. The van der Waals surface area contributed by atoms with Gasteiger partial charge in [-0.25, -0.2) is 4.98 Å². The van der Waals surface area contributed by atoms with E-state index in [0.717, 1.165) is 11.3 Å². The number of hydrogen-bond donors (Lipinski definition) is 2. The summed E-state index contributed by atoms with van der Waals surface area (Å²) in [5.41, 5.74) is 8.52. The number of rotatable bonds is 4. The molecule has 0 saturated carbocycles. The van der Waals surface area contributed by atoms with Gasteiger partial charge in [0.1, 0.15) is 17.5 Å². The normalized spacial score (nSPS) is 10.5. The molecule has 2 rings (SSSR count). The minimum absolute atomic E-state index is 0.0650. The molecule has 3 N–H and O–H groups in total. The number of phenolic OH excluding ortho intramolecular Hbond substituents is 1. The molecule has 2 aromatic rings. The Morgan fingerprint density at radius 2 is 2.09 bits per heavy atom. The number of nitrogens with zero attached hydrogens (tertiary/aromatic N) is 2. The molecule has 0 aliphatic rings. The molecule has 0 spiro atoms. The van der Waals surface area contributed by atoms with Gasteiger partial charge in [-0.05, 0) is 36.6 Å². The summed E-state index contributed by atoms with van der Waals surface area (Å²) in [7, 11) is 0. The number of hydrogen-bond acceptors (Lipinski definition) is 5. The van der Waals surface area contributed by atoms with Crippen LogP contribution >= 0.6 is 0 Å². The van der Waals surface area contributed by atoms with E-state index in [0.29, 0.717) is 23.5 Å². The van der Waals surface area contributed by atoms with Crippen molar-refractivity contribution in [2.75, 3.05) is 12.3 Å². The van der Waals surface area contributed by atoms with Crippen LogP contribution in [0.3, 0.4) is 0 Å². The lowest BCUT2D eigenvalue weighted by Gasteiger charge is -2.13. The summed E-state index contributed by atoms with van der Waals surface area (Å²) in [6, 6.07) is 8.96. The molecule has 0 atom stereocenters. The lowest BCUT2D eigenvalue weighted by molar-refractivity contribution is 0.318. The number of phenols is 1. The van der Waals surface area contributed by atoms with Crippen LogP contribution in [-0.4, -0.2) is 16.7 Å². The molecule has 114 valence electrons. The van der Waals surface area contributed by atoms with Crippen molar-refractivity contribution in [3.8, 4) is 28.7 Å². The maximum absolute atomic E-state index is 9.81. The zero-order valence-corrected chi connectivity index (χ0v) is 12.9. The Morgan fingerprint density at radius 3 is 2.68 bits per heavy atom. The van der Waals surface area contributed by atoms with Gasteiger partial charge in [-0.2, -0.15) is 5.26 Å². The van der Waals surface area contributed by atoms with Gasteiger partial charge in [-0.3, -0.25) is 0 Å². The van der Waals surface area contributed by atoms with Crippen LogP contribution in [0.15, 0.2) is 24.3 Å². The lowest BCUT2D eigenvalue weighted by atomic mass is 9.97. The van der Waals surface area contributed by atoms with Crippen LogP contribution < -0.4 is 10.5 Å². The Balaban J connectivity index is 2.65. The van der Waals surface area contributed by atoms with Crippen LogP contribution in [0.2, 0.25) is 0 Å². The summed E-state index contributed by atoms with van der Waals surface area (Å²) in [4.78, 5) is 4.28. The Bertz CT molecular complexity index is 733. The number of benzene rings is 1. The first-order valence-corrected chi connectivity index (χ1v) is 7.14. The third-order valence-electron chi connectivity index (χ3n) is 3.34. The number of nitrogen functional groups attached to an aromatic ring is 1. The second kappa shape index (κ2) is 6.35. The van der Waals surface area contributed by atoms with E-state index in [1.807, 2.05) is 26.8 Å². The fraction of sp³-hybridized carbons (Fsp3) is 0.294. The number of anilines is 1. The number of aromatic nitrogens is 1. The summed E-state index contributed by atoms with van der Waals surface area (Å²) in [5, 5.41) is 19.2. The summed E-state index contributed by atoms with van der Waals surface area (Å²) in [5.74, 6) is 0.854. The van der Waals surface area contributed by atoms with E-state index in [-0.39, 0.29) is 17.5 Å². The first kappa shape index (κ1) is 15.6. The zero-order valence-electron chi connectivity index (χ0n) is 12.9. The predicted molar refractivity (Wildman–Crippen MR) is 85.7 cm³/mol. The largest absolute Gasteiger partial charge is 0.504 e. The van der Waals surface area contributed by atoms with Crippen LogP contribution in [0.25, 0.3) is 11.1 Å². The van der Waals surface area contributed by atoms with Gasteiger partial charge in [0, 0.05) is 11.3 Å². The molecular weight excluding hydrogens is 278 g/mol. The van der Waals surface area contributed by atoms with Crippen molar-refractivity contribution in [1.82, 2.24) is 4.98 Å². The molecule has 1 aromatic carbocycles. The molecule has 0 bridgehead atoms. The number of pyridine rings is 1. The SMILES string of the molecule is CCOc1cc(-c2cc(C(C)C)nc(N)c2C#N)ccc1O. The van der Waals surface area contributed by atoms with Crippen molar-refractivity contribution < 1.29 is 9.84 Å². The smallest absolute Gasteiger partial charge is 0.161 e. The van der Waals surface area contributed by atoms with Gasteiger partial charge in [0.15, 0.2) is 11.5 Å². The van der Waals surface area contributed by atoms with Crippen LogP contribution in [-0.2, 0) is 0 Å². The van der Waals surface area contributed by atoms with E-state index in [1.54, 1.807) is 18.2 Å². The lowest BCUT2D eigenvalue weighted by Crippen LogP contribution is -2.03. The van der Waals surface area contributed by atoms with E-state index >= 15 is 0 Å². The summed E-state index contributed by atoms with van der Waals surface area (Å²) in [6.45, 7) is 6.31. The standard InChI is InChI=1S/C17H19N3O2/c1-4-22-16-7-11(5-6-15(16)21)12-8-14(10(2)3)20-17(19)13(12)9-18/h5-8,10,21H,4H2,1-3H3,(H2,19,20). The first-order chi connectivity index (χ1) is 10.5.